The summed E-state index contributed by atoms with van der Waals surface area (Å²) < 4.78 is 7.21. The fraction of sp³-hybridized carbons (Fsp3) is 0.0385. The first kappa shape index (κ1) is 32.3. The smallest absolute Gasteiger partial charge is 0.0641 e. The Morgan fingerprint density at radius 1 is 0.429 bits per heavy atom. The van der Waals surface area contributed by atoms with Crippen LogP contribution in [-0.2, 0) is 6.42 Å². The average Bonchev–Trinajstić information content (AvgIpc) is 3.93. The normalized spacial score (nSPS) is 12.4. The molecule has 4 heteroatoms. The summed E-state index contributed by atoms with van der Waals surface area (Å²) in [6.07, 6.45) is 2.98. The molecule has 0 saturated heterocycles. The summed E-state index contributed by atoms with van der Waals surface area (Å²) in [6.45, 7) is 0. The molecule has 0 aliphatic carbocycles. The molecule has 11 rings (SSSR count). The molecule has 1 unspecified atom stereocenters. The van der Waals surface area contributed by atoms with Gasteiger partial charge in [-0.2, -0.15) is 0 Å². The summed E-state index contributed by atoms with van der Waals surface area (Å²) in [5.41, 5.74) is 20.9. The molecule has 2 N–H and O–H groups in total. The Hall–Kier alpha value is -7.14. The number of hydrogen-bond acceptors (Lipinski definition) is 1. The predicted octanol–water partition coefficient (Wildman–Crippen LogP) is 12.7. The highest BCUT2D eigenvalue weighted by Crippen LogP contribution is 2.43. The number of rotatable bonds is 7. The highest BCUT2D eigenvalue weighted by atomic mass is 15.0. The van der Waals surface area contributed by atoms with Crippen LogP contribution in [0.1, 0.15) is 17.2 Å². The third kappa shape index (κ3) is 5.19. The van der Waals surface area contributed by atoms with E-state index >= 15 is 0 Å². The van der Waals surface area contributed by atoms with Crippen molar-refractivity contribution < 1.29 is 0 Å². The van der Waals surface area contributed by atoms with Gasteiger partial charge < -0.3 is 19.4 Å². The molecule has 11 aromatic rings. The molecule has 0 amide bonds. The van der Waals surface area contributed by atoms with Gasteiger partial charge in [0.2, 0.25) is 0 Å². The van der Waals surface area contributed by atoms with E-state index in [0.29, 0.717) is 0 Å². The van der Waals surface area contributed by atoms with Crippen molar-refractivity contribution in [1.82, 2.24) is 13.7 Å². The number of fused-ring (bicyclic) bond motifs is 8. The first-order valence-electron chi connectivity index (χ1n) is 19.3. The van der Waals surface area contributed by atoms with Gasteiger partial charge in [-0.15, -0.1) is 0 Å². The number of nitrogens with zero attached hydrogens (tertiary/aromatic N) is 3. The molecular formula is C52H38N4. The zero-order chi connectivity index (χ0) is 37.2. The van der Waals surface area contributed by atoms with Crippen LogP contribution in [0.15, 0.2) is 200 Å². The maximum atomic E-state index is 6.82. The predicted molar refractivity (Wildman–Crippen MR) is 234 cm³/mol. The molecule has 0 aliphatic heterocycles. The van der Waals surface area contributed by atoms with E-state index in [-0.39, 0.29) is 6.04 Å². The molecule has 0 bridgehead atoms. The lowest BCUT2D eigenvalue weighted by molar-refractivity contribution is 0.722. The molecule has 56 heavy (non-hydrogen) atoms. The first-order chi connectivity index (χ1) is 27.7. The second-order valence-corrected chi connectivity index (χ2v) is 14.8. The van der Waals surface area contributed by atoms with Gasteiger partial charge in [0.1, 0.15) is 0 Å². The molecule has 0 aliphatic rings. The van der Waals surface area contributed by atoms with Crippen LogP contribution in [0.4, 0.5) is 0 Å². The summed E-state index contributed by atoms with van der Waals surface area (Å²) >= 11 is 0. The van der Waals surface area contributed by atoms with Gasteiger partial charge in [-0.05, 0) is 101 Å². The minimum absolute atomic E-state index is 0.0984. The lowest BCUT2D eigenvalue weighted by Gasteiger charge is -2.15. The van der Waals surface area contributed by atoms with Crippen molar-refractivity contribution in [3.63, 3.8) is 0 Å². The summed E-state index contributed by atoms with van der Waals surface area (Å²) in [5.74, 6) is 0. The molecule has 0 radical (unpaired) electrons. The third-order valence-corrected chi connectivity index (χ3v) is 11.5. The van der Waals surface area contributed by atoms with Gasteiger partial charge >= 0.3 is 0 Å². The maximum absolute atomic E-state index is 6.82. The maximum Gasteiger partial charge on any atom is 0.0641 e. The molecule has 0 fully saturated rings. The second-order valence-electron chi connectivity index (χ2n) is 14.8. The lowest BCUT2D eigenvalue weighted by atomic mass is 9.96. The van der Waals surface area contributed by atoms with E-state index in [2.05, 4.69) is 214 Å². The number of nitrogens with two attached hydrogens (primary N) is 1. The van der Waals surface area contributed by atoms with E-state index in [1.165, 1.54) is 60.1 Å². The van der Waals surface area contributed by atoms with E-state index in [1.54, 1.807) is 0 Å². The Morgan fingerprint density at radius 3 is 1.91 bits per heavy atom. The van der Waals surface area contributed by atoms with Crippen LogP contribution in [0.5, 0.6) is 0 Å². The highest BCUT2D eigenvalue weighted by Gasteiger charge is 2.22. The number of benzene rings is 8. The molecule has 4 nitrogen and oxygen atoms in total. The number of para-hydroxylation sites is 3. The Kier molecular flexibility index (Phi) is 7.51. The molecule has 3 heterocycles. The van der Waals surface area contributed by atoms with E-state index in [0.717, 1.165) is 40.2 Å². The summed E-state index contributed by atoms with van der Waals surface area (Å²) in [6, 6.07) is 70.0. The van der Waals surface area contributed by atoms with Gasteiger partial charge in [-0.1, -0.05) is 121 Å². The van der Waals surface area contributed by atoms with Crippen LogP contribution in [0.2, 0.25) is 0 Å². The monoisotopic (exact) mass is 718 g/mol. The van der Waals surface area contributed by atoms with Crippen LogP contribution in [-0.4, -0.2) is 13.7 Å². The molecule has 266 valence electrons. The fourth-order valence-electron chi connectivity index (χ4n) is 8.88. The van der Waals surface area contributed by atoms with Gasteiger partial charge in [-0.3, -0.25) is 0 Å². The SMILES string of the molecule is NC(Cc1ccccc1)c1cccc(-c2cccc(-n3c4cc5ccn(-c6ccccc6)c5cc4c4ccc5c(c6ccccc6n5-c5ccccc5)c43)c2)c1. The standard InChI is InChI=1S/C52H38N4/c53-46(30-35-14-4-1-5-15-35)38-18-12-16-36(31-38)37-17-13-23-42(32-37)56-50-33-39-28-29-54(40-19-6-2-7-20-40)49(39)34-45(50)43-26-27-48-51(52(43)56)44-24-10-11-25-47(44)55(48)41-21-8-3-9-22-41/h1-29,31-34,46H,30,53H2. The van der Waals surface area contributed by atoms with Crippen molar-refractivity contribution in [1.29, 1.82) is 0 Å². The Morgan fingerprint density at radius 2 is 1.11 bits per heavy atom. The summed E-state index contributed by atoms with van der Waals surface area (Å²) in [7, 11) is 0. The van der Waals surface area contributed by atoms with Crippen LogP contribution in [0.3, 0.4) is 0 Å². The van der Waals surface area contributed by atoms with Crippen molar-refractivity contribution in [2.45, 2.75) is 12.5 Å². The second kappa shape index (κ2) is 13.0. The van der Waals surface area contributed by atoms with Crippen molar-refractivity contribution in [3.05, 3.63) is 211 Å². The highest BCUT2D eigenvalue weighted by molar-refractivity contribution is 6.27. The zero-order valence-electron chi connectivity index (χ0n) is 30.8. The quantitative estimate of drug-likeness (QED) is 0.175. The van der Waals surface area contributed by atoms with Crippen LogP contribution < -0.4 is 5.73 Å². The molecule has 0 spiro atoms. The van der Waals surface area contributed by atoms with E-state index in [9.17, 15) is 0 Å². The lowest BCUT2D eigenvalue weighted by Crippen LogP contribution is -2.13. The van der Waals surface area contributed by atoms with Gasteiger partial charge in [0, 0.05) is 56.2 Å². The van der Waals surface area contributed by atoms with E-state index < -0.39 is 0 Å². The van der Waals surface area contributed by atoms with E-state index in [4.69, 9.17) is 5.73 Å². The van der Waals surface area contributed by atoms with Crippen molar-refractivity contribution in [2.24, 2.45) is 5.73 Å². The third-order valence-electron chi connectivity index (χ3n) is 11.5. The van der Waals surface area contributed by atoms with E-state index in [1.807, 2.05) is 0 Å². The van der Waals surface area contributed by atoms with Crippen LogP contribution in [0, 0.1) is 0 Å². The first-order valence-corrected chi connectivity index (χ1v) is 19.3. The molecule has 0 saturated carbocycles. The molecule has 8 aromatic carbocycles. The summed E-state index contributed by atoms with van der Waals surface area (Å²) in [5, 5.41) is 6.12. The van der Waals surface area contributed by atoms with Crippen molar-refractivity contribution >= 4 is 54.5 Å². The average molecular weight is 719 g/mol. The van der Waals surface area contributed by atoms with Crippen LogP contribution in [0.25, 0.3) is 82.7 Å². The minimum atomic E-state index is -0.0984. The molecule has 1 atom stereocenters. The number of hydrogen-bond donors (Lipinski definition) is 1. The van der Waals surface area contributed by atoms with Crippen molar-refractivity contribution in [2.75, 3.05) is 0 Å². The molecule has 3 aromatic heterocycles. The van der Waals surface area contributed by atoms with Crippen molar-refractivity contribution in [3.8, 4) is 28.2 Å². The fourth-order valence-corrected chi connectivity index (χ4v) is 8.88. The van der Waals surface area contributed by atoms with Crippen LogP contribution >= 0.6 is 0 Å². The Labute approximate surface area is 324 Å². The van der Waals surface area contributed by atoms with Gasteiger partial charge in [0.15, 0.2) is 0 Å². The van der Waals surface area contributed by atoms with Gasteiger partial charge in [0.25, 0.3) is 0 Å². The topological polar surface area (TPSA) is 40.8 Å². The summed E-state index contributed by atoms with van der Waals surface area (Å²) in [4.78, 5) is 0. The zero-order valence-corrected chi connectivity index (χ0v) is 30.8. The van der Waals surface area contributed by atoms with Gasteiger partial charge in [-0.25, -0.2) is 0 Å². The largest absolute Gasteiger partial charge is 0.324 e. The Balaban J connectivity index is 1.17. The minimum Gasteiger partial charge on any atom is -0.324 e. The molecular weight excluding hydrogens is 681 g/mol. The number of aromatic nitrogens is 3. The van der Waals surface area contributed by atoms with Gasteiger partial charge in [0.05, 0.1) is 27.6 Å². The Bertz CT molecular complexity index is 3220.